The molecule has 2 aliphatic rings. The summed E-state index contributed by atoms with van der Waals surface area (Å²) >= 11 is 0. The van der Waals surface area contributed by atoms with Gasteiger partial charge >= 0.3 is 0 Å². The second kappa shape index (κ2) is 4.32. The molecule has 19 heavy (non-hydrogen) atoms. The lowest BCUT2D eigenvalue weighted by atomic mass is 9.87. The third-order valence-corrected chi connectivity index (χ3v) is 5.12. The summed E-state index contributed by atoms with van der Waals surface area (Å²) in [5.74, 6) is 2.82. The number of fused-ring (bicyclic) bond motifs is 2. The summed E-state index contributed by atoms with van der Waals surface area (Å²) in [5.41, 5.74) is 3.16. The summed E-state index contributed by atoms with van der Waals surface area (Å²) < 4.78 is 2.14. The smallest absolute Gasteiger partial charge is 0.0859 e. The molecule has 1 heterocycles. The maximum absolute atomic E-state index is 4.43. The molecule has 0 radical (unpaired) electrons. The first kappa shape index (κ1) is 13.1. The first-order valence-corrected chi connectivity index (χ1v) is 7.82. The van der Waals surface area contributed by atoms with Crippen molar-refractivity contribution >= 4 is 0 Å². The van der Waals surface area contributed by atoms with Gasteiger partial charge in [-0.2, -0.15) is 0 Å². The summed E-state index contributed by atoms with van der Waals surface area (Å²) in [7, 11) is 0. The third-order valence-electron chi connectivity index (χ3n) is 5.12. The van der Waals surface area contributed by atoms with E-state index in [1.54, 1.807) is 0 Å². The van der Waals surface area contributed by atoms with Gasteiger partial charge in [-0.15, -0.1) is 5.10 Å². The molecule has 0 aromatic carbocycles. The van der Waals surface area contributed by atoms with Crippen molar-refractivity contribution in [2.45, 2.75) is 66.3 Å². The molecule has 1 aromatic rings. The van der Waals surface area contributed by atoms with Gasteiger partial charge in [0.2, 0.25) is 0 Å². The first-order chi connectivity index (χ1) is 8.89. The van der Waals surface area contributed by atoms with Crippen LogP contribution in [0.15, 0.2) is 0 Å². The molecule has 3 atom stereocenters. The molecule has 0 spiro atoms. The number of nitrogens with zero attached hydrogens (tertiary/aromatic N) is 3. The van der Waals surface area contributed by atoms with E-state index < -0.39 is 0 Å². The topological polar surface area (TPSA) is 30.7 Å². The van der Waals surface area contributed by atoms with E-state index in [4.69, 9.17) is 0 Å². The third kappa shape index (κ3) is 2.21. The Balaban J connectivity index is 1.79. The van der Waals surface area contributed by atoms with Crippen LogP contribution in [-0.4, -0.2) is 15.0 Å². The average Bonchev–Trinajstić information content (AvgIpc) is 2.82. The van der Waals surface area contributed by atoms with Gasteiger partial charge in [0, 0.05) is 6.04 Å². The Morgan fingerprint density at radius 1 is 1.11 bits per heavy atom. The molecule has 1 aromatic heterocycles. The van der Waals surface area contributed by atoms with Crippen LogP contribution in [0.2, 0.25) is 0 Å². The number of hydrogen-bond acceptors (Lipinski definition) is 2. The fourth-order valence-electron chi connectivity index (χ4n) is 4.34. The number of aromatic nitrogens is 3. The largest absolute Gasteiger partial charge is 0.247 e. The Labute approximate surface area is 116 Å². The van der Waals surface area contributed by atoms with E-state index in [-0.39, 0.29) is 0 Å². The van der Waals surface area contributed by atoms with Gasteiger partial charge in [0.25, 0.3) is 0 Å². The van der Waals surface area contributed by atoms with Crippen LogP contribution in [0.1, 0.15) is 64.9 Å². The van der Waals surface area contributed by atoms with Gasteiger partial charge < -0.3 is 0 Å². The highest BCUT2D eigenvalue weighted by molar-refractivity contribution is 5.16. The van der Waals surface area contributed by atoms with Crippen LogP contribution >= 0.6 is 0 Å². The van der Waals surface area contributed by atoms with Gasteiger partial charge in [0.15, 0.2) is 0 Å². The van der Waals surface area contributed by atoms with Crippen LogP contribution in [0.4, 0.5) is 0 Å². The standard InChI is InChI=1S/C16H27N3/c1-10(2)19-14-9-7-12-11(15(12)16(3,4)5)6-8-13(14)17-18-19/h10-12,15H,6-9H2,1-5H3/t11-,12+,15?/m0/s1. The molecule has 3 heteroatoms. The second-order valence-corrected chi connectivity index (χ2v) is 7.82. The van der Waals surface area contributed by atoms with Gasteiger partial charge in [0.1, 0.15) is 0 Å². The molecule has 106 valence electrons. The zero-order chi connectivity index (χ0) is 13.8. The predicted octanol–water partition coefficient (Wildman–Crippen LogP) is 3.65. The highest BCUT2D eigenvalue weighted by Crippen LogP contribution is 2.60. The Bertz CT molecular complexity index is 467. The normalized spacial score (nSPS) is 30.5. The number of hydrogen-bond donors (Lipinski definition) is 0. The zero-order valence-corrected chi connectivity index (χ0v) is 13.0. The average molecular weight is 261 g/mol. The molecule has 1 fully saturated rings. The maximum Gasteiger partial charge on any atom is 0.0859 e. The summed E-state index contributed by atoms with van der Waals surface area (Å²) in [6, 6.07) is 0.434. The van der Waals surface area contributed by atoms with Gasteiger partial charge in [-0.1, -0.05) is 26.0 Å². The quantitative estimate of drug-likeness (QED) is 0.772. The van der Waals surface area contributed by atoms with Crippen molar-refractivity contribution in [3.63, 3.8) is 0 Å². The summed E-state index contributed by atoms with van der Waals surface area (Å²) in [6.45, 7) is 11.6. The van der Waals surface area contributed by atoms with Crippen LogP contribution in [0, 0.1) is 23.2 Å². The van der Waals surface area contributed by atoms with E-state index in [9.17, 15) is 0 Å². The highest BCUT2D eigenvalue weighted by atomic mass is 15.4. The van der Waals surface area contributed by atoms with Crippen molar-refractivity contribution in [3.8, 4) is 0 Å². The maximum atomic E-state index is 4.43. The number of rotatable bonds is 1. The predicted molar refractivity (Wildman–Crippen MR) is 77.0 cm³/mol. The van der Waals surface area contributed by atoms with Gasteiger partial charge in [-0.05, 0) is 62.7 Å². The van der Waals surface area contributed by atoms with Crippen molar-refractivity contribution in [1.29, 1.82) is 0 Å². The van der Waals surface area contributed by atoms with Gasteiger partial charge in [-0.25, -0.2) is 4.68 Å². The van der Waals surface area contributed by atoms with Crippen LogP contribution in [0.25, 0.3) is 0 Å². The van der Waals surface area contributed by atoms with E-state index in [1.807, 2.05) is 0 Å². The van der Waals surface area contributed by atoms with Crippen molar-refractivity contribution in [2.75, 3.05) is 0 Å². The first-order valence-electron chi connectivity index (χ1n) is 7.82. The molecule has 2 aliphatic carbocycles. The van der Waals surface area contributed by atoms with Crippen molar-refractivity contribution in [3.05, 3.63) is 11.4 Å². The van der Waals surface area contributed by atoms with E-state index >= 15 is 0 Å². The molecule has 1 unspecified atom stereocenters. The van der Waals surface area contributed by atoms with Crippen LogP contribution < -0.4 is 0 Å². The van der Waals surface area contributed by atoms with Gasteiger partial charge in [-0.3, -0.25) is 0 Å². The molecular formula is C16H27N3. The summed E-state index contributed by atoms with van der Waals surface area (Å²) in [5, 5.41) is 8.79. The van der Waals surface area contributed by atoms with E-state index in [2.05, 4.69) is 49.6 Å². The Morgan fingerprint density at radius 2 is 1.74 bits per heavy atom. The second-order valence-electron chi connectivity index (χ2n) is 7.82. The Hall–Kier alpha value is -0.860. The lowest BCUT2D eigenvalue weighted by Crippen LogP contribution is -2.11. The molecule has 1 saturated carbocycles. The monoisotopic (exact) mass is 261 g/mol. The Kier molecular flexibility index (Phi) is 2.99. The van der Waals surface area contributed by atoms with Crippen molar-refractivity contribution in [1.82, 2.24) is 15.0 Å². The molecule has 3 rings (SSSR count). The molecule has 0 bridgehead atoms. The minimum atomic E-state index is 0.434. The van der Waals surface area contributed by atoms with Crippen LogP contribution in [0.5, 0.6) is 0 Å². The fourth-order valence-corrected chi connectivity index (χ4v) is 4.34. The molecule has 0 saturated heterocycles. The summed E-state index contributed by atoms with van der Waals surface area (Å²) in [4.78, 5) is 0. The molecule has 0 amide bonds. The van der Waals surface area contributed by atoms with Crippen LogP contribution in [-0.2, 0) is 12.8 Å². The van der Waals surface area contributed by atoms with E-state index in [0.29, 0.717) is 11.5 Å². The zero-order valence-electron chi connectivity index (χ0n) is 13.0. The molecule has 3 nitrogen and oxygen atoms in total. The minimum Gasteiger partial charge on any atom is -0.247 e. The highest BCUT2D eigenvalue weighted by Gasteiger charge is 2.54. The van der Waals surface area contributed by atoms with E-state index in [0.717, 1.165) is 24.2 Å². The summed E-state index contributed by atoms with van der Waals surface area (Å²) in [6.07, 6.45) is 4.96. The molecule has 0 aliphatic heterocycles. The van der Waals surface area contributed by atoms with Crippen molar-refractivity contribution in [2.24, 2.45) is 23.2 Å². The van der Waals surface area contributed by atoms with Gasteiger partial charge in [0.05, 0.1) is 11.4 Å². The molecule has 0 N–H and O–H groups in total. The minimum absolute atomic E-state index is 0.434. The number of aryl methyl sites for hydroxylation is 1. The Morgan fingerprint density at radius 3 is 2.32 bits per heavy atom. The van der Waals surface area contributed by atoms with E-state index in [1.165, 1.54) is 30.7 Å². The lowest BCUT2D eigenvalue weighted by molar-refractivity contribution is 0.312. The molecular weight excluding hydrogens is 234 g/mol. The fraction of sp³-hybridized carbons (Fsp3) is 0.875. The van der Waals surface area contributed by atoms with Crippen molar-refractivity contribution < 1.29 is 0 Å². The lowest BCUT2D eigenvalue weighted by Gasteiger charge is -2.18. The van der Waals surface area contributed by atoms with Crippen LogP contribution in [0.3, 0.4) is 0 Å². The SMILES string of the molecule is CC(C)n1nnc2c1CC[C@H]1C(C(C)(C)C)[C@H]1CC2.